The van der Waals surface area contributed by atoms with Crippen LogP contribution < -0.4 is 5.32 Å². The van der Waals surface area contributed by atoms with Gasteiger partial charge in [-0.25, -0.2) is 0 Å². The summed E-state index contributed by atoms with van der Waals surface area (Å²) in [6, 6.07) is 17.2. The van der Waals surface area contributed by atoms with Gasteiger partial charge in [-0.3, -0.25) is 9.59 Å². The number of nitrogens with zero attached hydrogens (tertiary/aromatic N) is 1. The van der Waals surface area contributed by atoms with Crippen LogP contribution in [0.1, 0.15) is 34.7 Å². The Labute approximate surface area is 158 Å². The number of hydrogen-bond acceptors (Lipinski definition) is 2. The third-order valence-corrected chi connectivity index (χ3v) is 5.44. The fourth-order valence-electron chi connectivity index (χ4n) is 3.58. The first kappa shape index (κ1) is 17.1. The topological polar surface area (TPSA) is 49.4 Å². The molecular weight excluding hydrogens is 348 g/mol. The molecule has 4 rings (SSSR count). The molecule has 134 valence electrons. The molecule has 2 aromatic rings. The highest BCUT2D eigenvalue weighted by atomic mass is 35.5. The Hall–Kier alpha value is -2.33. The van der Waals surface area contributed by atoms with Gasteiger partial charge in [0.1, 0.15) is 0 Å². The van der Waals surface area contributed by atoms with Crippen LogP contribution in [0.3, 0.4) is 0 Å². The summed E-state index contributed by atoms with van der Waals surface area (Å²) in [5, 5.41) is 3.71. The van der Waals surface area contributed by atoms with Crippen molar-refractivity contribution >= 4 is 23.4 Å². The summed E-state index contributed by atoms with van der Waals surface area (Å²) in [5.41, 5.74) is 1.71. The van der Waals surface area contributed by atoms with Crippen LogP contribution in [0.25, 0.3) is 0 Å². The molecule has 0 radical (unpaired) electrons. The molecule has 2 atom stereocenters. The van der Waals surface area contributed by atoms with E-state index in [0.717, 1.165) is 18.4 Å². The lowest BCUT2D eigenvalue weighted by Crippen LogP contribution is -2.36. The predicted molar refractivity (Wildman–Crippen MR) is 101 cm³/mol. The quantitative estimate of drug-likeness (QED) is 0.898. The van der Waals surface area contributed by atoms with Gasteiger partial charge in [0.25, 0.3) is 5.91 Å². The van der Waals surface area contributed by atoms with Gasteiger partial charge in [-0.15, -0.1) is 0 Å². The Bertz CT molecular complexity index is 803. The first-order chi connectivity index (χ1) is 12.6. The fraction of sp³-hybridized carbons (Fsp3) is 0.333. The highest BCUT2D eigenvalue weighted by Gasteiger charge is 2.41. The van der Waals surface area contributed by atoms with Crippen LogP contribution in [0, 0.1) is 5.92 Å². The molecule has 1 saturated heterocycles. The zero-order valence-electron chi connectivity index (χ0n) is 14.4. The largest absolute Gasteiger partial charge is 0.353 e. The summed E-state index contributed by atoms with van der Waals surface area (Å²) in [7, 11) is 0. The third kappa shape index (κ3) is 3.61. The minimum absolute atomic E-state index is 0.0196. The zero-order chi connectivity index (χ0) is 18.1. The Morgan fingerprint density at radius 2 is 1.65 bits per heavy atom. The van der Waals surface area contributed by atoms with Crippen molar-refractivity contribution in [2.75, 3.05) is 13.1 Å². The first-order valence-electron chi connectivity index (χ1n) is 9.02. The summed E-state index contributed by atoms with van der Waals surface area (Å²) in [5.74, 6) is -0.183. The molecule has 2 fully saturated rings. The van der Waals surface area contributed by atoms with E-state index in [4.69, 9.17) is 11.6 Å². The van der Waals surface area contributed by atoms with Crippen LogP contribution in [0.2, 0.25) is 5.02 Å². The summed E-state index contributed by atoms with van der Waals surface area (Å²) < 4.78 is 0. The van der Waals surface area contributed by atoms with Crippen LogP contribution >= 0.6 is 11.6 Å². The van der Waals surface area contributed by atoms with Gasteiger partial charge in [0, 0.05) is 35.6 Å². The summed E-state index contributed by atoms with van der Waals surface area (Å²) in [4.78, 5) is 27.4. The highest BCUT2D eigenvalue weighted by Crippen LogP contribution is 2.34. The molecule has 26 heavy (non-hydrogen) atoms. The Morgan fingerprint density at radius 3 is 2.31 bits per heavy atom. The van der Waals surface area contributed by atoms with Crippen molar-refractivity contribution < 1.29 is 9.59 Å². The first-order valence-corrected chi connectivity index (χ1v) is 9.40. The second kappa shape index (κ2) is 7.12. The maximum absolute atomic E-state index is 12.9. The van der Waals surface area contributed by atoms with E-state index >= 15 is 0 Å². The standard InChI is InChI=1S/C21H21ClN2O2/c22-16-8-6-15(7-9-16)21(26)24-12-18(14-4-2-1-3-5-14)19(13-24)20(25)23-17-10-11-17/h1-9,17-19H,10-13H2,(H,23,25). The molecule has 1 N–H and O–H groups in total. The minimum Gasteiger partial charge on any atom is -0.353 e. The van der Waals surface area contributed by atoms with Gasteiger partial charge >= 0.3 is 0 Å². The SMILES string of the molecule is O=C(NC1CC1)C1CN(C(=O)c2ccc(Cl)cc2)CC1c1ccccc1. The number of likely N-dealkylation sites (tertiary alicyclic amines) is 1. The molecule has 1 aliphatic heterocycles. The van der Waals surface area contributed by atoms with Gasteiger partial charge in [0.15, 0.2) is 0 Å². The van der Waals surface area contributed by atoms with Gasteiger partial charge in [0.05, 0.1) is 5.92 Å². The molecule has 4 nitrogen and oxygen atoms in total. The lowest BCUT2D eigenvalue weighted by Gasteiger charge is -2.17. The number of carbonyl (C=O) groups excluding carboxylic acids is 2. The molecule has 2 amide bonds. The number of carbonyl (C=O) groups is 2. The normalized spacial score (nSPS) is 22.3. The van der Waals surface area contributed by atoms with Crippen LogP contribution in [-0.4, -0.2) is 35.8 Å². The molecule has 2 aliphatic rings. The van der Waals surface area contributed by atoms with E-state index in [2.05, 4.69) is 5.32 Å². The van der Waals surface area contributed by atoms with E-state index in [1.54, 1.807) is 29.2 Å². The van der Waals surface area contributed by atoms with Crippen molar-refractivity contribution in [3.8, 4) is 0 Å². The molecule has 5 heteroatoms. The van der Waals surface area contributed by atoms with E-state index in [-0.39, 0.29) is 23.7 Å². The molecular formula is C21H21ClN2O2. The number of halogens is 1. The lowest BCUT2D eigenvalue weighted by molar-refractivity contribution is -0.125. The van der Waals surface area contributed by atoms with Gasteiger partial charge in [-0.1, -0.05) is 41.9 Å². The highest BCUT2D eigenvalue weighted by molar-refractivity contribution is 6.30. The van der Waals surface area contributed by atoms with E-state index in [1.807, 2.05) is 30.3 Å². The summed E-state index contributed by atoms with van der Waals surface area (Å²) in [6.45, 7) is 0.994. The molecule has 2 unspecified atom stereocenters. The second-order valence-electron chi connectivity index (χ2n) is 7.12. The molecule has 0 spiro atoms. The van der Waals surface area contributed by atoms with Gasteiger partial charge in [0.2, 0.25) is 5.91 Å². The smallest absolute Gasteiger partial charge is 0.253 e. The molecule has 1 saturated carbocycles. The van der Waals surface area contributed by atoms with Crippen molar-refractivity contribution in [1.29, 1.82) is 0 Å². The fourth-order valence-corrected chi connectivity index (χ4v) is 3.71. The van der Waals surface area contributed by atoms with Crippen LogP contribution in [0.4, 0.5) is 0 Å². The molecule has 1 aliphatic carbocycles. The second-order valence-corrected chi connectivity index (χ2v) is 7.56. The van der Waals surface area contributed by atoms with E-state index < -0.39 is 0 Å². The Balaban J connectivity index is 1.56. The number of rotatable bonds is 4. The maximum atomic E-state index is 12.9. The summed E-state index contributed by atoms with van der Waals surface area (Å²) >= 11 is 5.92. The van der Waals surface area contributed by atoms with Gasteiger partial charge < -0.3 is 10.2 Å². The zero-order valence-corrected chi connectivity index (χ0v) is 15.2. The van der Waals surface area contributed by atoms with Crippen molar-refractivity contribution in [2.45, 2.75) is 24.8 Å². The van der Waals surface area contributed by atoms with Gasteiger partial charge in [-0.2, -0.15) is 0 Å². The van der Waals surface area contributed by atoms with E-state index in [0.29, 0.717) is 29.7 Å². The van der Waals surface area contributed by atoms with Crippen LogP contribution in [0.5, 0.6) is 0 Å². The third-order valence-electron chi connectivity index (χ3n) is 5.19. The summed E-state index contributed by atoms with van der Waals surface area (Å²) in [6.07, 6.45) is 2.11. The van der Waals surface area contributed by atoms with E-state index in [1.165, 1.54) is 0 Å². The average molecular weight is 369 g/mol. The van der Waals surface area contributed by atoms with Crippen molar-refractivity contribution in [1.82, 2.24) is 10.2 Å². The Morgan fingerprint density at radius 1 is 0.962 bits per heavy atom. The van der Waals surface area contributed by atoms with Crippen molar-refractivity contribution in [2.24, 2.45) is 5.92 Å². The Kier molecular flexibility index (Phi) is 4.68. The van der Waals surface area contributed by atoms with Crippen LogP contribution in [0.15, 0.2) is 54.6 Å². The molecule has 0 aromatic heterocycles. The lowest BCUT2D eigenvalue weighted by atomic mass is 9.88. The van der Waals surface area contributed by atoms with Crippen molar-refractivity contribution in [3.05, 3.63) is 70.7 Å². The maximum Gasteiger partial charge on any atom is 0.253 e. The van der Waals surface area contributed by atoms with E-state index in [9.17, 15) is 9.59 Å². The molecule has 1 heterocycles. The van der Waals surface area contributed by atoms with Crippen molar-refractivity contribution in [3.63, 3.8) is 0 Å². The average Bonchev–Trinajstić information content (AvgIpc) is 3.36. The number of hydrogen-bond donors (Lipinski definition) is 1. The number of amides is 2. The molecule has 0 bridgehead atoms. The van der Waals surface area contributed by atoms with Crippen LogP contribution in [-0.2, 0) is 4.79 Å². The van der Waals surface area contributed by atoms with Gasteiger partial charge in [-0.05, 0) is 42.7 Å². The predicted octanol–water partition coefficient (Wildman–Crippen LogP) is 3.47. The molecule has 2 aromatic carbocycles. The number of benzene rings is 2. The number of nitrogens with one attached hydrogen (secondary N) is 1. The monoisotopic (exact) mass is 368 g/mol. The minimum atomic E-state index is -0.214.